The molecular weight excluding hydrogens is 360 g/mol. The lowest BCUT2D eigenvalue weighted by atomic mass is 10.1. The van der Waals surface area contributed by atoms with Gasteiger partial charge in [0.15, 0.2) is 11.5 Å². The summed E-state index contributed by atoms with van der Waals surface area (Å²) in [5.74, 6) is 1.15. The number of nitrogens with one attached hydrogen (secondary N) is 1. The third kappa shape index (κ3) is 5.16. The second-order valence-electron chi connectivity index (χ2n) is 6.22. The quantitative estimate of drug-likeness (QED) is 0.782. The minimum Gasteiger partial charge on any atom is -0.493 e. The number of amides is 2. The molecule has 0 bridgehead atoms. The average molecular weight is 386 g/mol. The topological polar surface area (TPSA) is 77.1 Å². The molecule has 2 amide bonds. The summed E-state index contributed by atoms with van der Waals surface area (Å²) in [5, 5.41) is 2.60. The lowest BCUT2D eigenvalue weighted by Crippen LogP contribution is -2.26. The van der Waals surface area contributed by atoms with Crippen molar-refractivity contribution in [1.82, 2.24) is 4.90 Å². The molecule has 0 aliphatic carbocycles. The van der Waals surface area contributed by atoms with E-state index in [0.717, 1.165) is 11.1 Å². The minimum atomic E-state index is -0.525. The van der Waals surface area contributed by atoms with Gasteiger partial charge in [0, 0.05) is 24.8 Å². The van der Waals surface area contributed by atoms with Gasteiger partial charge in [-0.25, -0.2) is 4.79 Å². The van der Waals surface area contributed by atoms with E-state index in [4.69, 9.17) is 14.2 Å². The maximum atomic E-state index is 12.7. The summed E-state index contributed by atoms with van der Waals surface area (Å²) in [6, 6.07) is 10.4. The molecule has 0 fully saturated rings. The molecule has 0 aromatic heterocycles. The Labute approximate surface area is 165 Å². The van der Waals surface area contributed by atoms with Gasteiger partial charge in [-0.05, 0) is 61.4 Å². The maximum Gasteiger partial charge on any atom is 0.411 e. The summed E-state index contributed by atoms with van der Waals surface area (Å²) in [6.45, 7) is 4.42. The van der Waals surface area contributed by atoms with Crippen LogP contribution in [-0.2, 0) is 11.3 Å². The third-order valence-corrected chi connectivity index (χ3v) is 4.25. The van der Waals surface area contributed by atoms with E-state index in [0.29, 0.717) is 35.9 Å². The van der Waals surface area contributed by atoms with E-state index in [1.165, 1.54) is 0 Å². The van der Waals surface area contributed by atoms with Crippen molar-refractivity contribution in [2.75, 3.05) is 33.2 Å². The van der Waals surface area contributed by atoms with Gasteiger partial charge in [-0.3, -0.25) is 10.1 Å². The highest BCUT2D eigenvalue weighted by molar-refractivity contribution is 5.95. The molecule has 0 aliphatic heterocycles. The lowest BCUT2D eigenvalue weighted by Gasteiger charge is -2.20. The molecule has 0 saturated heterocycles. The van der Waals surface area contributed by atoms with Gasteiger partial charge in [0.25, 0.3) is 5.91 Å². The number of methoxy groups -OCH3 is 2. The Morgan fingerprint density at radius 2 is 1.64 bits per heavy atom. The summed E-state index contributed by atoms with van der Waals surface area (Å²) in [6.07, 6.45) is -0.525. The van der Waals surface area contributed by atoms with Crippen LogP contribution in [0.15, 0.2) is 36.4 Å². The molecule has 150 valence electrons. The molecule has 2 aromatic carbocycles. The van der Waals surface area contributed by atoms with Gasteiger partial charge in [0.05, 0.1) is 20.8 Å². The zero-order valence-electron chi connectivity index (χ0n) is 16.9. The molecule has 7 heteroatoms. The number of rotatable bonds is 7. The van der Waals surface area contributed by atoms with Crippen LogP contribution in [0.1, 0.15) is 28.4 Å². The van der Waals surface area contributed by atoms with Gasteiger partial charge in [0.1, 0.15) is 0 Å². The first kappa shape index (κ1) is 21.1. The van der Waals surface area contributed by atoms with Crippen LogP contribution in [0.5, 0.6) is 11.5 Å². The molecular formula is C21H26N2O5. The fourth-order valence-corrected chi connectivity index (χ4v) is 2.72. The third-order valence-electron chi connectivity index (χ3n) is 4.25. The van der Waals surface area contributed by atoms with Crippen LogP contribution >= 0.6 is 0 Å². The van der Waals surface area contributed by atoms with Crippen molar-refractivity contribution in [3.05, 3.63) is 53.1 Å². The van der Waals surface area contributed by atoms with E-state index in [2.05, 4.69) is 5.32 Å². The molecule has 0 heterocycles. The Balaban J connectivity index is 2.09. The molecule has 0 saturated carbocycles. The summed E-state index contributed by atoms with van der Waals surface area (Å²) in [7, 11) is 4.91. The Morgan fingerprint density at radius 3 is 2.21 bits per heavy atom. The second kappa shape index (κ2) is 9.64. The number of carbonyl (C=O) groups is 2. The molecule has 28 heavy (non-hydrogen) atoms. The highest BCUT2D eigenvalue weighted by atomic mass is 16.5. The molecule has 2 aromatic rings. The number of anilines is 1. The predicted octanol–water partition coefficient (Wildman–Crippen LogP) is 3.85. The molecule has 0 aliphatic rings. The summed E-state index contributed by atoms with van der Waals surface area (Å²) >= 11 is 0. The predicted molar refractivity (Wildman–Crippen MR) is 107 cm³/mol. The smallest absolute Gasteiger partial charge is 0.411 e. The normalized spacial score (nSPS) is 10.2. The fraction of sp³-hybridized carbons (Fsp3) is 0.333. The van der Waals surface area contributed by atoms with Gasteiger partial charge in [-0.2, -0.15) is 0 Å². The summed E-state index contributed by atoms with van der Waals surface area (Å²) in [5.41, 5.74) is 3.06. The highest BCUT2D eigenvalue weighted by Crippen LogP contribution is 2.30. The van der Waals surface area contributed by atoms with E-state index in [9.17, 15) is 9.59 Å². The highest BCUT2D eigenvalue weighted by Gasteiger charge is 2.15. The standard InChI is InChI=1S/C21H26N2O5/c1-6-28-21(25)22-17-9-7-15(8-10-17)20(24)23(3)13-16-12-19(27-5)18(26-4)11-14(16)2/h7-12H,6,13H2,1-5H3,(H,22,25). The number of aryl methyl sites for hydroxylation is 1. The molecule has 2 rings (SSSR count). The van der Waals surface area contributed by atoms with Crippen LogP contribution in [0.3, 0.4) is 0 Å². The Morgan fingerprint density at radius 1 is 1.04 bits per heavy atom. The Hall–Kier alpha value is -3.22. The van der Waals surface area contributed by atoms with Crippen LogP contribution in [0, 0.1) is 6.92 Å². The van der Waals surface area contributed by atoms with Gasteiger partial charge < -0.3 is 19.1 Å². The van der Waals surface area contributed by atoms with Crippen molar-refractivity contribution < 1.29 is 23.8 Å². The minimum absolute atomic E-state index is 0.128. The van der Waals surface area contributed by atoms with Crippen molar-refractivity contribution in [2.45, 2.75) is 20.4 Å². The molecule has 0 spiro atoms. The van der Waals surface area contributed by atoms with E-state index < -0.39 is 6.09 Å². The number of benzene rings is 2. The van der Waals surface area contributed by atoms with Gasteiger partial charge in [-0.15, -0.1) is 0 Å². The van der Waals surface area contributed by atoms with Crippen LogP contribution in [0.2, 0.25) is 0 Å². The van der Waals surface area contributed by atoms with Gasteiger partial charge >= 0.3 is 6.09 Å². The van der Waals surface area contributed by atoms with Gasteiger partial charge in [-0.1, -0.05) is 0 Å². The van der Waals surface area contributed by atoms with Crippen molar-refractivity contribution in [1.29, 1.82) is 0 Å². The van der Waals surface area contributed by atoms with Crippen LogP contribution in [-0.4, -0.2) is 44.8 Å². The van der Waals surface area contributed by atoms with Crippen molar-refractivity contribution in [3.63, 3.8) is 0 Å². The number of ether oxygens (including phenoxy) is 3. The van der Waals surface area contributed by atoms with E-state index in [1.807, 2.05) is 19.1 Å². The first-order valence-electron chi connectivity index (χ1n) is 8.90. The Bertz CT molecular complexity index is 833. The van der Waals surface area contributed by atoms with E-state index in [1.54, 1.807) is 57.4 Å². The summed E-state index contributed by atoms with van der Waals surface area (Å²) < 4.78 is 15.5. The Kier molecular flexibility index (Phi) is 7.26. The van der Waals surface area contributed by atoms with E-state index >= 15 is 0 Å². The van der Waals surface area contributed by atoms with Gasteiger partial charge in [0.2, 0.25) is 0 Å². The van der Waals surface area contributed by atoms with Crippen molar-refractivity contribution in [2.24, 2.45) is 0 Å². The monoisotopic (exact) mass is 386 g/mol. The fourth-order valence-electron chi connectivity index (χ4n) is 2.72. The zero-order chi connectivity index (χ0) is 20.7. The van der Waals surface area contributed by atoms with Crippen molar-refractivity contribution >= 4 is 17.7 Å². The SMILES string of the molecule is CCOC(=O)Nc1ccc(C(=O)N(C)Cc2cc(OC)c(OC)cc2C)cc1. The first-order valence-corrected chi connectivity index (χ1v) is 8.90. The molecule has 0 radical (unpaired) electrons. The number of carbonyl (C=O) groups excluding carboxylic acids is 2. The summed E-state index contributed by atoms with van der Waals surface area (Å²) in [4.78, 5) is 25.8. The average Bonchev–Trinajstić information content (AvgIpc) is 2.69. The largest absolute Gasteiger partial charge is 0.493 e. The van der Waals surface area contributed by atoms with Crippen molar-refractivity contribution in [3.8, 4) is 11.5 Å². The lowest BCUT2D eigenvalue weighted by molar-refractivity contribution is 0.0785. The van der Waals surface area contributed by atoms with Crippen LogP contribution in [0.25, 0.3) is 0 Å². The number of hydrogen-bond acceptors (Lipinski definition) is 5. The second-order valence-corrected chi connectivity index (χ2v) is 6.22. The number of nitrogens with zero attached hydrogens (tertiary/aromatic N) is 1. The molecule has 0 unspecified atom stereocenters. The molecule has 1 N–H and O–H groups in total. The molecule has 7 nitrogen and oxygen atoms in total. The first-order chi connectivity index (χ1) is 13.4. The van der Waals surface area contributed by atoms with E-state index in [-0.39, 0.29) is 5.91 Å². The zero-order valence-corrected chi connectivity index (χ0v) is 16.9. The maximum absolute atomic E-state index is 12.7. The van der Waals surface area contributed by atoms with Crippen LogP contribution < -0.4 is 14.8 Å². The molecule has 0 atom stereocenters. The number of hydrogen-bond donors (Lipinski definition) is 1. The van der Waals surface area contributed by atoms with Crippen LogP contribution in [0.4, 0.5) is 10.5 Å².